The molecule has 1 nitrogen and oxygen atoms in total. The van der Waals surface area contributed by atoms with E-state index in [1.807, 2.05) is 18.5 Å². The average Bonchev–Trinajstić information content (AvgIpc) is 2.48. The van der Waals surface area contributed by atoms with Gasteiger partial charge >= 0.3 is 0 Å². The smallest absolute Gasteiger partial charge is 0.0346 e. The maximum absolute atomic E-state index is 4.38. The lowest BCUT2D eigenvalue weighted by atomic mass is 9.98. The van der Waals surface area contributed by atoms with E-state index in [4.69, 9.17) is 0 Å². The molecule has 0 spiro atoms. The van der Waals surface area contributed by atoms with E-state index >= 15 is 0 Å². The van der Waals surface area contributed by atoms with Gasteiger partial charge in [-0.15, -0.1) is 0 Å². The van der Waals surface area contributed by atoms with Crippen LogP contribution < -0.4 is 0 Å². The summed E-state index contributed by atoms with van der Waals surface area (Å²) in [5.41, 5.74) is 3.68. The molecule has 1 heterocycles. The zero-order valence-corrected chi connectivity index (χ0v) is 11.7. The molecular formula is C18H21N. The highest BCUT2D eigenvalue weighted by Crippen LogP contribution is 2.23. The highest BCUT2D eigenvalue weighted by molar-refractivity contribution is 5.63. The molecule has 0 amide bonds. The molecule has 19 heavy (non-hydrogen) atoms. The molecule has 0 radical (unpaired) electrons. The number of hydrogen-bond acceptors (Lipinski definition) is 1. The quantitative estimate of drug-likeness (QED) is 0.665. The Labute approximate surface area is 116 Å². The Morgan fingerprint density at radius 1 is 1.11 bits per heavy atom. The molecule has 1 aromatic carbocycles. The van der Waals surface area contributed by atoms with Crippen molar-refractivity contribution in [3.05, 3.63) is 66.5 Å². The fourth-order valence-electron chi connectivity index (χ4n) is 2.07. The molecule has 0 saturated carbocycles. The van der Waals surface area contributed by atoms with E-state index in [0.717, 1.165) is 6.42 Å². The molecule has 0 fully saturated rings. The number of pyridine rings is 1. The molecule has 0 aliphatic heterocycles. The standard InChI is InChI=1S/C18H21N/c1-3-4-6-9-15(2)17-12-18(14-19-13-17)16-10-7-5-8-11-16/h5-15H,3-4H2,1-2H3/b9-6+/t15-/m0/s1. The molecule has 0 aliphatic rings. The summed E-state index contributed by atoms with van der Waals surface area (Å²) >= 11 is 0. The van der Waals surface area contributed by atoms with Gasteiger partial charge in [-0.25, -0.2) is 0 Å². The van der Waals surface area contributed by atoms with Crippen molar-refractivity contribution in [2.75, 3.05) is 0 Å². The summed E-state index contributed by atoms with van der Waals surface area (Å²) in [4.78, 5) is 4.38. The summed E-state index contributed by atoms with van der Waals surface area (Å²) in [6, 6.07) is 12.6. The summed E-state index contributed by atoms with van der Waals surface area (Å²) in [7, 11) is 0. The van der Waals surface area contributed by atoms with Gasteiger partial charge in [-0.2, -0.15) is 0 Å². The van der Waals surface area contributed by atoms with Gasteiger partial charge in [0.2, 0.25) is 0 Å². The number of hydrogen-bond donors (Lipinski definition) is 0. The second kappa shape index (κ2) is 6.89. The molecule has 98 valence electrons. The van der Waals surface area contributed by atoms with Crippen molar-refractivity contribution in [2.45, 2.75) is 32.6 Å². The van der Waals surface area contributed by atoms with Crippen molar-refractivity contribution in [3.8, 4) is 11.1 Å². The molecule has 0 unspecified atom stereocenters. The maximum atomic E-state index is 4.38. The maximum Gasteiger partial charge on any atom is 0.0346 e. The number of aromatic nitrogens is 1. The van der Waals surface area contributed by atoms with Crippen LogP contribution in [0.25, 0.3) is 11.1 Å². The van der Waals surface area contributed by atoms with Crippen LogP contribution in [0.2, 0.25) is 0 Å². The molecule has 1 atom stereocenters. The summed E-state index contributed by atoms with van der Waals surface area (Å²) in [6.07, 6.45) is 10.8. The van der Waals surface area contributed by atoms with Gasteiger partial charge in [0.1, 0.15) is 0 Å². The second-order valence-electron chi connectivity index (χ2n) is 4.88. The van der Waals surface area contributed by atoms with Crippen molar-refractivity contribution < 1.29 is 0 Å². The predicted octanol–water partition coefficient (Wildman–Crippen LogP) is 5.21. The van der Waals surface area contributed by atoms with Crippen molar-refractivity contribution in [3.63, 3.8) is 0 Å². The van der Waals surface area contributed by atoms with Gasteiger partial charge in [-0.3, -0.25) is 4.98 Å². The highest BCUT2D eigenvalue weighted by atomic mass is 14.6. The van der Waals surface area contributed by atoms with E-state index in [-0.39, 0.29) is 0 Å². The highest BCUT2D eigenvalue weighted by Gasteiger charge is 2.04. The molecule has 1 heteroatoms. The van der Waals surface area contributed by atoms with Gasteiger partial charge in [0.05, 0.1) is 0 Å². The van der Waals surface area contributed by atoms with Crippen LogP contribution in [-0.4, -0.2) is 4.98 Å². The van der Waals surface area contributed by atoms with Crippen LogP contribution in [0, 0.1) is 0 Å². The van der Waals surface area contributed by atoms with E-state index in [2.05, 4.69) is 61.3 Å². The van der Waals surface area contributed by atoms with Crippen molar-refractivity contribution in [2.24, 2.45) is 0 Å². The molecule has 0 N–H and O–H groups in total. The summed E-state index contributed by atoms with van der Waals surface area (Å²) in [5, 5.41) is 0. The predicted molar refractivity (Wildman–Crippen MR) is 82.1 cm³/mol. The lowest BCUT2D eigenvalue weighted by molar-refractivity contribution is 0.913. The Morgan fingerprint density at radius 2 is 1.89 bits per heavy atom. The fourth-order valence-corrected chi connectivity index (χ4v) is 2.07. The SMILES string of the molecule is CCC/C=C/[C@H](C)c1cncc(-c2ccccc2)c1. The monoisotopic (exact) mass is 251 g/mol. The Hall–Kier alpha value is -1.89. The summed E-state index contributed by atoms with van der Waals surface area (Å²) in [6.45, 7) is 4.42. The van der Waals surface area contributed by atoms with E-state index in [1.165, 1.54) is 23.1 Å². The Balaban J connectivity index is 2.20. The van der Waals surface area contributed by atoms with Crippen LogP contribution in [0.1, 0.15) is 38.2 Å². The Morgan fingerprint density at radius 3 is 2.63 bits per heavy atom. The van der Waals surface area contributed by atoms with Crippen LogP contribution >= 0.6 is 0 Å². The molecule has 2 rings (SSSR count). The minimum atomic E-state index is 0.419. The van der Waals surface area contributed by atoms with Crippen molar-refractivity contribution in [1.29, 1.82) is 0 Å². The fraction of sp³-hybridized carbons (Fsp3) is 0.278. The molecule has 0 aliphatic carbocycles. The van der Waals surface area contributed by atoms with Crippen LogP contribution in [0.5, 0.6) is 0 Å². The van der Waals surface area contributed by atoms with Gasteiger partial charge in [0.25, 0.3) is 0 Å². The molecule has 2 aromatic rings. The molecule has 1 aromatic heterocycles. The van der Waals surface area contributed by atoms with Gasteiger partial charge < -0.3 is 0 Å². The number of rotatable bonds is 5. The minimum Gasteiger partial charge on any atom is -0.264 e. The number of allylic oxidation sites excluding steroid dienone is 2. The van der Waals surface area contributed by atoms with E-state index in [9.17, 15) is 0 Å². The number of unbranched alkanes of at least 4 members (excludes halogenated alkanes) is 1. The number of benzene rings is 1. The van der Waals surface area contributed by atoms with Crippen LogP contribution in [-0.2, 0) is 0 Å². The van der Waals surface area contributed by atoms with Crippen LogP contribution in [0.15, 0.2) is 60.9 Å². The van der Waals surface area contributed by atoms with Crippen LogP contribution in [0.3, 0.4) is 0 Å². The summed E-state index contributed by atoms with van der Waals surface area (Å²) < 4.78 is 0. The topological polar surface area (TPSA) is 12.9 Å². The van der Waals surface area contributed by atoms with Gasteiger partial charge in [0.15, 0.2) is 0 Å². The third kappa shape index (κ3) is 3.78. The molecule has 0 bridgehead atoms. The van der Waals surface area contributed by atoms with E-state index in [1.54, 1.807) is 0 Å². The zero-order chi connectivity index (χ0) is 13.5. The third-order valence-corrected chi connectivity index (χ3v) is 3.27. The summed E-state index contributed by atoms with van der Waals surface area (Å²) in [5.74, 6) is 0.419. The van der Waals surface area contributed by atoms with Crippen LogP contribution in [0.4, 0.5) is 0 Å². The first-order valence-corrected chi connectivity index (χ1v) is 6.98. The normalized spacial score (nSPS) is 12.7. The third-order valence-electron chi connectivity index (χ3n) is 3.27. The van der Waals surface area contributed by atoms with Gasteiger partial charge in [-0.05, 0) is 23.6 Å². The Bertz CT molecular complexity index is 528. The average molecular weight is 251 g/mol. The van der Waals surface area contributed by atoms with Gasteiger partial charge in [0, 0.05) is 23.9 Å². The van der Waals surface area contributed by atoms with Crippen molar-refractivity contribution >= 4 is 0 Å². The minimum absolute atomic E-state index is 0.419. The second-order valence-corrected chi connectivity index (χ2v) is 4.88. The lowest BCUT2D eigenvalue weighted by Gasteiger charge is -2.09. The van der Waals surface area contributed by atoms with Gasteiger partial charge in [-0.1, -0.05) is 62.8 Å². The van der Waals surface area contributed by atoms with Crippen molar-refractivity contribution in [1.82, 2.24) is 4.98 Å². The molecule has 0 saturated heterocycles. The Kier molecular flexibility index (Phi) is 4.91. The first-order valence-electron chi connectivity index (χ1n) is 6.98. The zero-order valence-electron chi connectivity index (χ0n) is 11.7. The lowest BCUT2D eigenvalue weighted by Crippen LogP contribution is -1.92. The van der Waals surface area contributed by atoms with E-state index < -0.39 is 0 Å². The number of nitrogens with zero attached hydrogens (tertiary/aromatic N) is 1. The first kappa shape index (κ1) is 13.5. The molecular weight excluding hydrogens is 230 g/mol. The van der Waals surface area contributed by atoms with E-state index in [0.29, 0.717) is 5.92 Å². The first-order chi connectivity index (χ1) is 9.31. The largest absolute Gasteiger partial charge is 0.264 e.